The van der Waals surface area contributed by atoms with Crippen molar-refractivity contribution < 1.29 is 0 Å². The molecule has 0 radical (unpaired) electrons. The van der Waals surface area contributed by atoms with Crippen molar-refractivity contribution in [3.05, 3.63) is 51.8 Å². The Kier molecular flexibility index (Phi) is 5.38. The van der Waals surface area contributed by atoms with E-state index in [9.17, 15) is 0 Å². The molecule has 4 heteroatoms. The zero-order chi connectivity index (χ0) is 14.5. The zero-order valence-electron chi connectivity index (χ0n) is 12.4. The minimum atomic E-state index is 0.440. The van der Waals surface area contributed by atoms with Crippen molar-refractivity contribution >= 4 is 15.9 Å². The van der Waals surface area contributed by atoms with E-state index in [1.54, 1.807) is 0 Å². The second-order valence-corrected chi connectivity index (χ2v) is 5.94. The van der Waals surface area contributed by atoms with Gasteiger partial charge in [-0.05, 0) is 37.6 Å². The number of halogens is 1. The molecule has 1 unspecified atom stereocenters. The summed E-state index contributed by atoms with van der Waals surface area (Å²) < 4.78 is 3.19. The molecule has 0 amide bonds. The molecule has 2 aromatic rings. The van der Waals surface area contributed by atoms with Crippen molar-refractivity contribution in [1.82, 2.24) is 15.1 Å². The molecule has 1 aromatic heterocycles. The number of nitrogens with zero attached hydrogens (tertiary/aromatic N) is 2. The van der Waals surface area contributed by atoms with Crippen LogP contribution >= 0.6 is 15.9 Å². The number of nitrogens with one attached hydrogen (secondary N) is 1. The van der Waals surface area contributed by atoms with Gasteiger partial charge in [0.1, 0.15) is 0 Å². The van der Waals surface area contributed by atoms with Crippen molar-refractivity contribution in [2.24, 2.45) is 7.05 Å². The molecular formula is C16H22BrN3. The van der Waals surface area contributed by atoms with Gasteiger partial charge < -0.3 is 5.32 Å². The van der Waals surface area contributed by atoms with Gasteiger partial charge in [-0.2, -0.15) is 5.10 Å². The number of hydrogen-bond donors (Lipinski definition) is 1. The molecule has 108 valence electrons. The summed E-state index contributed by atoms with van der Waals surface area (Å²) in [6.45, 7) is 3.10. The second-order valence-electron chi connectivity index (χ2n) is 5.08. The van der Waals surface area contributed by atoms with Gasteiger partial charge in [0.2, 0.25) is 0 Å². The third kappa shape index (κ3) is 3.49. The monoisotopic (exact) mass is 335 g/mol. The quantitative estimate of drug-likeness (QED) is 0.877. The molecule has 0 spiro atoms. The molecule has 1 N–H and O–H groups in total. The Hall–Kier alpha value is -1.13. The van der Waals surface area contributed by atoms with E-state index in [4.69, 9.17) is 0 Å². The van der Waals surface area contributed by atoms with Crippen molar-refractivity contribution in [3.63, 3.8) is 0 Å². The van der Waals surface area contributed by atoms with E-state index < -0.39 is 0 Å². The standard InChI is InChI=1S/C16H22BrN3/c1-4-13-10-14(20(3)19-13)9-12(11-18-2)15-7-5-6-8-16(15)17/h5-8,10,12,18H,4,9,11H2,1-3H3. The molecule has 2 rings (SSSR count). The van der Waals surface area contributed by atoms with Crippen LogP contribution in [0.15, 0.2) is 34.8 Å². The summed E-state index contributed by atoms with van der Waals surface area (Å²) in [6, 6.07) is 10.7. The maximum atomic E-state index is 4.54. The van der Waals surface area contributed by atoms with Crippen LogP contribution in [0.2, 0.25) is 0 Å². The number of aryl methyl sites for hydroxylation is 2. The first-order valence-electron chi connectivity index (χ1n) is 7.06. The van der Waals surface area contributed by atoms with Crippen LogP contribution in [-0.2, 0) is 19.9 Å². The fraction of sp³-hybridized carbons (Fsp3) is 0.438. The Bertz CT molecular complexity index is 563. The van der Waals surface area contributed by atoms with E-state index in [0.717, 1.165) is 25.1 Å². The second kappa shape index (κ2) is 7.04. The number of aromatic nitrogens is 2. The van der Waals surface area contributed by atoms with Gasteiger partial charge in [-0.3, -0.25) is 4.68 Å². The highest BCUT2D eigenvalue weighted by Crippen LogP contribution is 2.27. The first kappa shape index (κ1) is 15.3. The maximum Gasteiger partial charge on any atom is 0.0624 e. The lowest BCUT2D eigenvalue weighted by Gasteiger charge is -2.18. The Morgan fingerprint density at radius 1 is 1.35 bits per heavy atom. The molecule has 1 aromatic carbocycles. The Labute approximate surface area is 129 Å². The van der Waals surface area contributed by atoms with Crippen LogP contribution < -0.4 is 5.32 Å². The molecule has 0 fully saturated rings. The van der Waals surface area contributed by atoms with E-state index in [0.29, 0.717) is 5.92 Å². The summed E-state index contributed by atoms with van der Waals surface area (Å²) in [7, 11) is 4.04. The van der Waals surface area contributed by atoms with Crippen LogP contribution in [0.4, 0.5) is 0 Å². The van der Waals surface area contributed by atoms with E-state index >= 15 is 0 Å². The molecule has 0 bridgehead atoms. The molecule has 1 heterocycles. The fourth-order valence-electron chi connectivity index (χ4n) is 2.53. The third-order valence-corrected chi connectivity index (χ3v) is 4.36. The van der Waals surface area contributed by atoms with E-state index in [1.165, 1.54) is 15.7 Å². The van der Waals surface area contributed by atoms with Crippen molar-refractivity contribution in [2.45, 2.75) is 25.7 Å². The van der Waals surface area contributed by atoms with Crippen LogP contribution in [0, 0.1) is 0 Å². The van der Waals surface area contributed by atoms with E-state index in [2.05, 4.69) is 63.6 Å². The highest BCUT2D eigenvalue weighted by molar-refractivity contribution is 9.10. The summed E-state index contributed by atoms with van der Waals surface area (Å²) in [5.74, 6) is 0.440. The summed E-state index contributed by atoms with van der Waals surface area (Å²) >= 11 is 3.67. The number of likely N-dealkylation sites (N-methyl/N-ethyl adjacent to an activating group) is 1. The van der Waals surface area contributed by atoms with Gasteiger partial charge in [0.15, 0.2) is 0 Å². The predicted molar refractivity (Wildman–Crippen MR) is 87.1 cm³/mol. The van der Waals surface area contributed by atoms with Crippen molar-refractivity contribution in [3.8, 4) is 0 Å². The van der Waals surface area contributed by atoms with Crippen LogP contribution in [-0.4, -0.2) is 23.4 Å². The molecule has 20 heavy (non-hydrogen) atoms. The molecule has 1 atom stereocenters. The summed E-state index contributed by atoms with van der Waals surface area (Å²) in [5.41, 5.74) is 3.80. The first-order chi connectivity index (χ1) is 9.65. The first-order valence-corrected chi connectivity index (χ1v) is 7.85. The lowest BCUT2D eigenvalue weighted by atomic mass is 9.94. The van der Waals surface area contributed by atoms with Gasteiger partial charge in [-0.25, -0.2) is 0 Å². The topological polar surface area (TPSA) is 29.9 Å². The van der Waals surface area contributed by atoms with Gasteiger partial charge in [0.25, 0.3) is 0 Å². The van der Waals surface area contributed by atoms with E-state index in [1.807, 2.05) is 18.8 Å². The molecule has 3 nitrogen and oxygen atoms in total. The maximum absolute atomic E-state index is 4.54. The van der Waals surface area contributed by atoms with Crippen LogP contribution in [0.1, 0.15) is 29.8 Å². The molecule has 0 saturated carbocycles. The fourth-order valence-corrected chi connectivity index (χ4v) is 3.14. The molecular weight excluding hydrogens is 314 g/mol. The van der Waals surface area contributed by atoms with Crippen molar-refractivity contribution in [1.29, 1.82) is 0 Å². The Morgan fingerprint density at radius 3 is 2.70 bits per heavy atom. The smallest absolute Gasteiger partial charge is 0.0624 e. The summed E-state index contributed by atoms with van der Waals surface area (Å²) in [5, 5.41) is 7.85. The van der Waals surface area contributed by atoms with Crippen LogP contribution in [0.3, 0.4) is 0 Å². The average molecular weight is 336 g/mol. The molecule has 0 aliphatic heterocycles. The Morgan fingerprint density at radius 2 is 2.10 bits per heavy atom. The van der Waals surface area contributed by atoms with Gasteiger partial charge in [0, 0.05) is 29.7 Å². The van der Waals surface area contributed by atoms with Crippen molar-refractivity contribution in [2.75, 3.05) is 13.6 Å². The average Bonchev–Trinajstić information content (AvgIpc) is 2.80. The van der Waals surface area contributed by atoms with Crippen LogP contribution in [0.25, 0.3) is 0 Å². The highest BCUT2D eigenvalue weighted by Gasteiger charge is 2.16. The van der Waals surface area contributed by atoms with Gasteiger partial charge >= 0.3 is 0 Å². The van der Waals surface area contributed by atoms with E-state index in [-0.39, 0.29) is 0 Å². The molecule has 0 saturated heterocycles. The minimum absolute atomic E-state index is 0.440. The largest absolute Gasteiger partial charge is 0.319 e. The minimum Gasteiger partial charge on any atom is -0.319 e. The number of benzene rings is 1. The van der Waals surface area contributed by atoms with Gasteiger partial charge in [-0.1, -0.05) is 41.1 Å². The number of hydrogen-bond acceptors (Lipinski definition) is 2. The zero-order valence-corrected chi connectivity index (χ0v) is 13.9. The van der Waals surface area contributed by atoms with Gasteiger partial charge in [-0.15, -0.1) is 0 Å². The molecule has 0 aliphatic rings. The lowest BCUT2D eigenvalue weighted by Crippen LogP contribution is -2.20. The Balaban J connectivity index is 2.25. The normalized spacial score (nSPS) is 12.6. The van der Waals surface area contributed by atoms with Crippen LogP contribution in [0.5, 0.6) is 0 Å². The SMILES string of the molecule is CCc1cc(CC(CNC)c2ccccc2Br)n(C)n1. The summed E-state index contributed by atoms with van der Waals surface area (Å²) in [6.07, 6.45) is 1.98. The third-order valence-electron chi connectivity index (χ3n) is 3.64. The number of rotatable bonds is 6. The summed E-state index contributed by atoms with van der Waals surface area (Å²) in [4.78, 5) is 0. The highest BCUT2D eigenvalue weighted by atomic mass is 79.9. The lowest BCUT2D eigenvalue weighted by molar-refractivity contribution is 0.589. The van der Waals surface area contributed by atoms with Gasteiger partial charge in [0.05, 0.1) is 5.69 Å². The molecule has 0 aliphatic carbocycles. The predicted octanol–water partition coefficient (Wildman–Crippen LogP) is 3.29.